The number of aromatic amines is 1. The maximum absolute atomic E-state index is 13.4. The third-order valence-electron chi connectivity index (χ3n) is 5.92. The Balaban J connectivity index is 1.45. The minimum atomic E-state index is -3.56. The van der Waals surface area contributed by atoms with Crippen LogP contribution in [0.25, 0.3) is 0 Å². The molecule has 1 N–H and O–H groups in total. The Kier molecular flexibility index (Phi) is 5.68. The zero-order valence-corrected chi connectivity index (χ0v) is 18.0. The molecule has 1 aromatic carbocycles. The summed E-state index contributed by atoms with van der Waals surface area (Å²) in [7, 11) is -3.56. The average Bonchev–Trinajstić information content (AvgIpc) is 3.18. The first-order chi connectivity index (χ1) is 13.9. The van der Waals surface area contributed by atoms with Gasteiger partial charge in [0.15, 0.2) is 0 Å². The van der Waals surface area contributed by atoms with E-state index < -0.39 is 10.0 Å². The third-order valence-corrected chi connectivity index (χ3v) is 8.19. The Hall–Kier alpha value is -1.90. The van der Waals surface area contributed by atoms with Crippen LogP contribution in [0.4, 0.5) is 0 Å². The predicted octanol–water partition coefficient (Wildman–Crippen LogP) is 3.33. The summed E-state index contributed by atoms with van der Waals surface area (Å²) < 4.78 is 40.1. The summed E-state index contributed by atoms with van der Waals surface area (Å²) in [4.78, 5) is 0.332. The molecule has 2 unspecified atom stereocenters. The first-order valence-corrected chi connectivity index (χ1v) is 11.7. The molecule has 8 heteroatoms. The van der Waals surface area contributed by atoms with Gasteiger partial charge >= 0.3 is 0 Å². The molecule has 158 valence electrons. The summed E-state index contributed by atoms with van der Waals surface area (Å²) in [6.07, 6.45) is 3.22. The van der Waals surface area contributed by atoms with E-state index in [0.29, 0.717) is 42.3 Å². The van der Waals surface area contributed by atoms with Crippen LogP contribution in [0, 0.1) is 13.8 Å². The number of benzene rings is 1. The van der Waals surface area contributed by atoms with Crippen LogP contribution in [0.5, 0.6) is 5.75 Å². The van der Waals surface area contributed by atoms with Crippen molar-refractivity contribution >= 4 is 10.0 Å². The molecule has 0 spiro atoms. The smallest absolute Gasteiger partial charge is 0.247 e. The van der Waals surface area contributed by atoms with Gasteiger partial charge in [0.05, 0.1) is 18.0 Å². The van der Waals surface area contributed by atoms with Gasteiger partial charge in [0.1, 0.15) is 16.7 Å². The van der Waals surface area contributed by atoms with E-state index >= 15 is 0 Å². The number of rotatable bonds is 7. The zero-order valence-electron chi connectivity index (χ0n) is 17.2. The van der Waals surface area contributed by atoms with Crippen LogP contribution in [-0.2, 0) is 21.4 Å². The van der Waals surface area contributed by atoms with Gasteiger partial charge in [-0.05, 0) is 51.3 Å². The Morgan fingerprint density at radius 1 is 1.14 bits per heavy atom. The first-order valence-electron chi connectivity index (χ1n) is 10.3. The zero-order chi connectivity index (χ0) is 20.6. The van der Waals surface area contributed by atoms with Gasteiger partial charge in [0.25, 0.3) is 0 Å². The largest absolute Gasteiger partial charge is 0.490 e. The predicted molar refractivity (Wildman–Crippen MR) is 109 cm³/mol. The monoisotopic (exact) mass is 419 g/mol. The van der Waals surface area contributed by atoms with Gasteiger partial charge in [-0.15, -0.1) is 0 Å². The second kappa shape index (κ2) is 8.08. The minimum absolute atomic E-state index is 0.0188. The highest BCUT2D eigenvalue weighted by Gasteiger charge is 2.48. The van der Waals surface area contributed by atoms with Crippen molar-refractivity contribution < 1.29 is 17.9 Å². The number of nitrogens with zero attached hydrogens (tertiary/aromatic N) is 2. The molecule has 2 aromatic rings. The van der Waals surface area contributed by atoms with Crippen molar-refractivity contribution in [2.75, 3.05) is 6.61 Å². The number of ether oxygens (including phenoxy) is 2. The molecule has 2 saturated heterocycles. The number of hydrogen-bond donors (Lipinski definition) is 1. The molecule has 1 aromatic heterocycles. The van der Waals surface area contributed by atoms with Gasteiger partial charge in [-0.3, -0.25) is 5.10 Å². The Bertz CT molecular complexity index is 921. The van der Waals surface area contributed by atoms with Crippen LogP contribution in [0.15, 0.2) is 29.2 Å². The van der Waals surface area contributed by atoms with Crippen molar-refractivity contribution in [1.82, 2.24) is 14.5 Å². The lowest BCUT2D eigenvalue weighted by atomic mass is 10.0. The number of aryl methyl sites for hydroxylation is 2. The van der Waals surface area contributed by atoms with E-state index in [1.165, 1.54) is 0 Å². The molecule has 0 saturated carbocycles. The van der Waals surface area contributed by atoms with Crippen molar-refractivity contribution in [3.63, 3.8) is 0 Å². The second-order valence-electron chi connectivity index (χ2n) is 7.98. The van der Waals surface area contributed by atoms with Gasteiger partial charge < -0.3 is 9.47 Å². The first kappa shape index (κ1) is 20.4. The third kappa shape index (κ3) is 3.93. The number of H-pyrrole nitrogens is 1. The van der Waals surface area contributed by atoms with Gasteiger partial charge in [0, 0.05) is 31.5 Å². The fourth-order valence-electron chi connectivity index (χ4n) is 4.68. The lowest BCUT2D eigenvalue weighted by molar-refractivity contribution is 0.0955. The van der Waals surface area contributed by atoms with E-state index in [1.54, 1.807) is 18.2 Å². The van der Waals surface area contributed by atoms with E-state index in [9.17, 15) is 8.42 Å². The summed E-state index contributed by atoms with van der Waals surface area (Å²) >= 11 is 0. The van der Waals surface area contributed by atoms with Crippen molar-refractivity contribution in [3.05, 3.63) is 41.2 Å². The van der Waals surface area contributed by atoms with Crippen LogP contribution in [-0.4, -0.2) is 47.7 Å². The average molecular weight is 420 g/mol. The standard InChI is InChI=1S/C21H29N3O4S/c1-4-27-13-16-5-9-19(10-6-16)28-20-11-17-7-8-18(12-20)24(17)29(25,26)21-14(2)22-23-15(21)3/h5-6,9-10,17-18,20H,4,7-8,11-13H2,1-3H3,(H,22,23). The Labute approximate surface area is 172 Å². The van der Waals surface area contributed by atoms with E-state index in [4.69, 9.17) is 9.47 Å². The number of hydrogen-bond acceptors (Lipinski definition) is 5. The molecular formula is C21H29N3O4S. The molecule has 2 aliphatic rings. The van der Waals surface area contributed by atoms with Gasteiger partial charge in [0.2, 0.25) is 10.0 Å². The molecule has 7 nitrogen and oxygen atoms in total. The fourth-order valence-corrected chi connectivity index (χ4v) is 6.91. The summed E-state index contributed by atoms with van der Waals surface area (Å²) in [5.41, 5.74) is 2.26. The number of nitrogens with one attached hydrogen (secondary N) is 1. The molecule has 2 aliphatic heterocycles. The molecule has 0 amide bonds. The molecule has 29 heavy (non-hydrogen) atoms. The SMILES string of the molecule is CCOCc1ccc(OC2CC3CCC(C2)N3S(=O)(=O)c2c(C)n[nH]c2C)cc1. The minimum Gasteiger partial charge on any atom is -0.490 e. The van der Waals surface area contributed by atoms with Crippen LogP contribution in [0.1, 0.15) is 49.6 Å². The summed E-state index contributed by atoms with van der Waals surface area (Å²) in [5, 5.41) is 6.88. The van der Waals surface area contributed by atoms with Crippen molar-refractivity contribution in [1.29, 1.82) is 0 Å². The lowest BCUT2D eigenvalue weighted by Gasteiger charge is -2.37. The summed E-state index contributed by atoms with van der Waals surface area (Å²) in [5.74, 6) is 0.826. The maximum Gasteiger partial charge on any atom is 0.247 e. The van der Waals surface area contributed by atoms with E-state index in [2.05, 4.69) is 10.2 Å². The van der Waals surface area contributed by atoms with E-state index in [1.807, 2.05) is 31.2 Å². The molecule has 2 atom stereocenters. The molecule has 3 heterocycles. The van der Waals surface area contributed by atoms with Crippen molar-refractivity contribution in [2.24, 2.45) is 0 Å². The highest BCUT2D eigenvalue weighted by molar-refractivity contribution is 7.89. The van der Waals surface area contributed by atoms with E-state index in [0.717, 1.165) is 24.2 Å². The van der Waals surface area contributed by atoms with Gasteiger partial charge in [-0.2, -0.15) is 9.40 Å². The molecule has 0 radical (unpaired) electrons. The van der Waals surface area contributed by atoms with Crippen molar-refractivity contribution in [3.8, 4) is 5.75 Å². The van der Waals surface area contributed by atoms with Crippen LogP contribution < -0.4 is 4.74 Å². The molecule has 0 aliphatic carbocycles. The Morgan fingerprint density at radius 2 is 1.79 bits per heavy atom. The molecule has 2 bridgehead atoms. The van der Waals surface area contributed by atoms with Gasteiger partial charge in [-0.25, -0.2) is 8.42 Å². The second-order valence-corrected chi connectivity index (χ2v) is 9.76. The molecule has 2 fully saturated rings. The number of piperidine rings is 1. The topological polar surface area (TPSA) is 84.5 Å². The van der Waals surface area contributed by atoms with Gasteiger partial charge in [-0.1, -0.05) is 12.1 Å². The van der Waals surface area contributed by atoms with E-state index in [-0.39, 0.29) is 18.2 Å². The lowest BCUT2D eigenvalue weighted by Crippen LogP contribution is -2.49. The van der Waals surface area contributed by atoms with Crippen LogP contribution >= 0.6 is 0 Å². The molecule has 4 rings (SSSR count). The highest BCUT2D eigenvalue weighted by atomic mass is 32.2. The number of sulfonamides is 1. The molecular weight excluding hydrogens is 390 g/mol. The van der Waals surface area contributed by atoms with Crippen molar-refractivity contribution in [2.45, 2.75) is 76.1 Å². The normalized spacial score (nSPS) is 24.7. The summed E-state index contributed by atoms with van der Waals surface area (Å²) in [6.45, 7) is 6.78. The summed E-state index contributed by atoms with van der Waals surface area (Å²) in [6, 6.07) is 7.94. The number of fused-ring (bicyclic) bond motifs is 2. The van der Waals surface area contributed by atoms with Crippen LogP contribution in [0.2, 0.25) is 0 Å². The maximum atomic E-state index is 13.4. The quantitative estimate of drug-likeness (QED) is 0.744. The fraction of sp³-hybridized carbons (Fsp3) is 0.571. The Morgan fingerprint density at radius 3 is 2.34 bits per heavy atom. The highest BCUT2D eigenvalue weighted by Crippen LogP contribution is 2.41. The van der Waals surface area contributed by atoms with Crippen LogP contribution in [0.3, 0.4) is 0 Å². The number of aromatic nitrogens is 2.